The summed E-state index contributed by atoms with van der Waals surface area (Å²) in [5.74, 6) is 0. The van der Waals surface area contributed by atoms with E-state index in [0.29, 0.717) is 10.9 Å². The number of rotatable bonds is 4. The molecule has 1 atom stereocenters. The summed E-state index contributed by atoms with van der Waals surface area (Å²) in [5.41, 5.74) is 2.62. The van der Waals surface area contributed by atoms with Gasteiger partial charge in [-0.1, -0.05) is 22.0 Å². The zero-order valence-electron chi connectivity index (χ0n) is 14.5. The molecule has 3 aromatic rings. The molecule has 1 aliphatic rings. The molecule has 140 valence electrons. The smallest absolute Gasteiger partial charge is 0.238 e. The molecule has 8 heteroatoms. The lowest BCUT2D eigenvalue weighted by molar-refractivity contribution is 0.598. The predicted octanol–water partition coefficient (Wildman–Crippen LogP) is 3.34. The molecule has 0 aliphatic carbocycles. The summed E-state index contributed by atoms with van der Waals surface area (Å²) in [6, 6.07) is 15.2. The molecule has 3 N–H and O–H groups in total. The van der Waals surface area contributed by atoms with Gasteiger partial charge in [0.05, 0.1) is 16.1 Å². The zero-order valence-corrected chi connectivity index (χ0v) is 16.9. The maximum absolute atomic E-state index is 11.8. The number of nitrogens with zero attached hydrogens (tertiary/aromatic N) is 2. The fourth-order valence-electron chi connectivity index (χ4n) is 3.52. The standard InChI is InChI=1S/C19H19BrN4O2S/c20-13-3-1-4-15(11-13)24-10-8-14(12-24)23-17-6-7-18(27(21,25)26)16-5-2-9-22-19(16)17/h1-7,9,11,14,23H,8,10,12H2,(H2,21,25,26). The van der Waals surface area contributed by atoms with Crippen LogP contribution in [-0.2, 0) is 10.0 Å². The van der Waals surface area contributed by atoms with Crippen molar-refractivity contribution in [2.45, 2.75) is 17.4 Å². The number of anilines is 2. The van der Waals surface area contributed by atoms with Gasteiger partial charge in [0, 0.05) is 40.9 Å². The summed E-state index contributed by atoms with van der Waals surface area (Å²) in [5, 5.41) is 9.40. The van der Waals surface area contributed by atoms with E-state index in [1.54, 1.807) is 30.5 Å². The van der Waals surface area contributed by atoms with E-state index in [1.807, 2.05) is 12.1 Å². The van der Waals surface area contributed by atoms with Crippen molar-refractivity contribution >= 4 is 48.2 Å². The van der Waals surface area contributed by atoms with Crippen molar-refractivity contribution in [1.29, 1.82) is 0 Å². The van der Waals surface area contributed by atoms with Crippen molar-refractivity contribution in [3.05, 3.63) is 59.2 Å². The lowest BCUT2D eigenvalue weighted by Gasteiger charge is -2.20. The highest BCUT2D eigenvalue weighted by atomic mass is 79.9. The molecule has 2 heterocycles. The second kappa shape index (κ2) is 7.10. The van der Waals surface area contributed by atoms with Crippen LogP contribution in [0.5, 0.6) is 0 Å². The van der Waals surface area contributed by atoms with Crippen molar-refractivity contribution in [3.8, 4) is 0 Å². The molecule has 0 radical (unpaired) electrons. The molecule has 1 unspecified atom stereocenters. The van der Waals surface area contributed by atoms with Gasteiger partial charge in [-0.15, -0.1) is 0 Å². The summed E-state index contributed by atoms with van der Waals surface area (Å²) in [4.78, 5) is 6.81. The number of hydrogen-bond acceptors (Lipinski definition) is 5. The highest BCUT2D eigenvalue weighted by Crippen LogP contribution is 2.30. The number of hydrogen-bond donors (Lipinski definition) is 2. The molecule has 1 saturated heterocycles. The fraction of sp³-hybridized carbons (Fsp3) is 0.211. The molecular formula is C19H19BrN4O2S. The van der Waals surface area contributed by atoms with Crippen LogP contribution >= 0.6 is 15.9 Å². The number of nitrogens with one attached hydrogen (secondary N) is 1. The predicted molar refractivity (Wildman–Crippen MR) is 111 cm³/mol. The van der Waals surface area contributed by atoms with Gasteiger partial charge in [0.2, 0.25) is 10.0 Å². The van der Waals surface area contributed by atoms with Crippen LogP contribution < -0.4 is 15.4 Å². The van der Waals surface area contributed by atoms with Crippen molar-refractivity contribution in [3.63, 3.8) is 0 Å². The molecule has 6 nitrogen and oxygen atoms in total. The molecule has 4 rings (SSSR count). The maximum Gasteiger partial charge on any atom is 0.238 e. The largest absolute Gasteiger partial charge is 0.379 e. The lowest BCUT2D eigenvalue weighted by Crippen LogP contribution is -2.26. The van der Waals surface area contributed by atoms with Crippen LogP contribution in [0.1, 0.15) is 6.42 Å². The molecule has 0 spiro atoms. The highest BCUT2D eigenvalue weighted by molar-refractivity contribution is 9.10. The first-order valence-corrected chi connectivity index (χ1v) is 10.9. The third kappa shape index (κ3) is 3.78. The molecule has 0 saturated carbocycles. The maximum atomic E-state index is 11.8. The van der Waals surface area contributed by atoms with Crippen molar-refractivity contribution in [2.75, 3.05) is 23.3 Å². The Labute approximate surface area is 166 Å². The van der Waals surface area contributed by atoms with Gasteiger partial charge in [-0.3, -0.25) is 4.98 Å². The summed E-state index contributed by atoms with van der Waals surface area (Å²) in [6.45, 7) is 1.82. The SMILES string of the molecule is NS(=O)(=O)c1ccc(NC2CCN(c3cccc(Br)c3)C2)c2ncccc12. The van der Waals surface area contributed by atoms with Crippen LogP contribution in [0.3, 0.4) is 0 Å². The minimum Gasteiger partial charge on any atom is -0.379 e. The van der Waals surface area contributed by atoms with E-state index in [-0.39, 0.29) is 10.9 Å². The zero-order chi connectivity index (χ0) is 19.0. The van der Waals surface area contributed by atoms with Gasteiger partial charge in [0.1, 0.15) is 0 Å². The van der Waals surface area contributed by atoms with Gasteiger partial charge < -0.3 is 10.2 Å². The summed E-state index contributed by atoms with van der Waals surface area (Å²) < 4.78 is 24.8. The average Bonchev–Trinajstić information content (AvgIpc) is 3.09. The van der Waals surface area contributed by atoms with E-state index in [1.165, 1.54) is 5.69 Å². The van der Waals surface area contributed by atoms with Crippen LogP contribution in [0.25, 0.3) is 10.9 Å². The molecule has 27 heavy (non-hydrogen) atoms. The number of nitrogens with two attached hydrogens (primary N) is 1. The van der Waals surface area contributed by atoms with Crippen molar-refractivity contribution < 1.29 is 8.42 Å². The molecule has 0 bridgehead atoms. The Morgan fingerprint density at radius 3 is 2.81 bits per heavy atom. The first-order valence-electron chi connectivity index (χ1n) is 8.59. The first kappa shape index (κ1) is 18.2. The Morgan fingerprint density at radius 1 is 1.19 bits per heavy atom. The van der Waals surface area contributed by atoms with Gasteiger partial charge in [-0.25, -0.2) is 13.6 Å². The van der Waals surface area contributed by atoms with Crippen LogP contribution in [-0.4, -0.2) is 32.5 Å². The summed E-state index contributed by atoms with van der Waals surface area (Å²) >= 11 is 3.52. The quantitative estimate of drug-likeness (QED) is 0.641. The number of primary sulfonamides is 1. The van der Waals surface area contributed by atoms with E-state index in [2.05, 4.69) is 43.3 Å². The Hall–Kier alpha value is -2.16. The van der Waals surface area contributed by atoms with Crippen LogP contribution in [0, 0.1) is 0 Å². The number of halogens is 1. The van der Waals surface area contributed by atoms with Gasteiger partial charge in [0.15, 0.2) is 0 Å². The lowest BCUT2D eigenvalue weighted by atomic mass is 10.1. The fourth-order valence-corrected chi connectivity index (χ4v) is 4.63. The monoisotopic (exact) mass is 446 g/mol. The molecule has 1 aliphatic heterocycles. The van der Waals surface area contributed by atoms with E-state index < -0.39 is 10.0 Å². The second-order valence-electron chi connectivity index (χ2n) is 6.61. The average molecular weight is 447 g/mol. The molecule has 0 amide bonds. The normalized spacial score (nSPS) is 17.4. The van der Waals surface area contributed by atoms with Crippen LogP contribution in [0.15, 0.2) is 64.1 Å². The van der Waals surface area contributed by atoms with Crippen LogP contribution in [0.4, 0.5) is 11.4 Å². The third-order valence-corrected chi connectivity index (χ3v) is 6.22. The van der Waals surface area contributed by atoms with Gasteiger partial charge in [-0.05, 0) is 48.9 Å². The van der Waals surface area contributed by atoms with Gasteiger partial charge in [0.25, 0.3) is 0 Å². The number of fused-ring (bicyclic) bond motifs is 1. The molecule has 1 fully saturated rings. The first-order chi connectivity index (χ1) is 12.9. The minimum atomic E-state index is -3.80. The second-order valence-corrected chi connectivity index (χ2v) is 9.06. The van der Waals surface area contributed by atoms with E-state index in [9.17, 15) is 8.42 Å². The number of aromatic nitrogens is 1. The van der Waals surface area contributed by atoms with Crippen LogP contribution in [0.2, 0.25) is 0 Å². The minimum absolute atomic E-state index is 0.0957. The summed E-state index contributed by atoms with van der Waals surface area (Å²) in [6.07, 6.45) is 2.64. The molecule has 2 aromatic carbocycles. The Morgan fingerprint density at radius 2 is 2.04 bits per heavy atom. The van der Waals surface area contributed by atoms with Crippen molar-refractivity contribution in [2.24, 2.45) is 5.14 Å². The van der Waals surface area contributed by atoms with Gasteiger partial charge >= 0.3 is 0 Å². The molecular weight excluding hydrogens is 428 g/mol. The summed E-state index contributed by atoms with van der Waals surface area (Å²) in [7, 11) is -3.80. The third-order valence-electron chi connectivity index (χ3n) is 4.76. The Balaban J connectivity index is 1.60. The Kier molecular flexibility index (Phi) is 4.79. The van der Waals surface area contributed by atoms with E-state index in [0.717, 1.165) is 29.7 Å². The Bertz CT molecular complexity index is 1100. The number of sulfonamides is 1. The highest BCUT2D eigenvalue weighted by Gasteiger charge is 2.24. The van der Waals surface area contributed by atoms with E-state index in [4.69, 9.17) is 5.14 Å². The van der Waals surface area contributed by atoms with Crippen molar-refractivity contribution in [1.82, 2.24) is 4.98 Å². The topological polar surface area (TPSA) is 88.3 Å². The number of benzene rings is 2. The molecule has 1 aromatic heterocycles. The van der Waals surface area contributed by atoms with Gasteiger partial charge in [-0.2, -0.15) is 0 Å². The number of pyridine rings is 1. The van der Waals surface area contributed by atoms with E-state index >= 15 is 0 Å².